The molecular weight excluding hydrogens is 213 g/mol. The lowest BCUT2D eigenvalue weighted by Gasteiger charge is -2.21. The minimum atomic E-state index is 0.515. The predicted octanol–water partition coefficient (Wildman–Crippen LogP) is 1.69. The Morgan fingerprint density at radius 3 is 2.00 bits per heavy atom. The molecule has 0 atom stereocenters. The first-order valence-corrected chi connectivity index (χ1v) is 4.43. The maximum atomic E-state index is 5.69. The van der Waals surface area contributed by atoms with Crippen molar-refractivity contribution in [2.24, 2.45) is 5.73 Å². The highest BCUT2D eigenvalue weighted by atomic mass is 127. The molecule has 2 N–H and O–H groups in total. The average Bonchev–Trinajstić information content (AvgIpc) is 1.77. The molecule has 1 fully saturated rings. The molecule has 0 unspecified atom stereocenters. The van der Waals surface area contributed by atoms with Crippen LogP contribution >= 0.6 is 22.6 Å². The standard InChI is InChI=1S/C6H12IN/c7-5-1-3-6(8)4-2-5/h5-6H,1-4,8H2/t5-,6-. The highest BCUT2D eigenvalue weighted by Crippen LogP contribution is 2.22. The van der Waals surface area contributed by atoms with Crippen molar-refractivity contribution in [3.8, 4) is 0 Å². The molecular formula is C6H12IN. The fourth-order valence-corrected chi connectivity index (χ4v) is 1.80. The molecule has 0 saturated heterocycles. The van der Waals surface area contributed by atoms with Crippen molar-refractivity contribution in [2.75, 3.05) is 0 Å². The van der Waals surface area contributed by atoms with E-state index in [0.717, 1.165) is 3.92 Å². The summed E-state index contributed by atoms with van der Waals surface area (Å²) in [5.74, 6) is 0. The Bertz CT molecular complexity index is 56.9. The number of nitrogens with two attached hydrogens (primary N) is 1. The quantitative estimate of drug-likeness (QED) is 0.492. The van der Waals surface area contributed by atoms with Crippen LogP contribution in [0.1, 0.15) is 25.7 Å². The van der Waals surface area contributed by atoms with Gasteiger partial charge in [0.15, 0.2) is 0 Å². The summed E-state index contributed by atoms with van der Waals surface area (Å²) < 4.78 is 0.910. The van der Waals surface area contributed by atoms with Gasteiger partial charge in [-0.05, 0) is 25.7 Å². The van der Waals surface area contributed by atoms with E-state index in [1.54, 1.807) is 0 Å². The number of rotatable bonds is 0. The maximum absolute atomic E-state index is 5.69. The molecule has 0 aliphatic heterocycles. The molecule has 0 aromatic carbocycles. The van der Waals surface area contributed by atoms with Gasteiger partial charge in [0.1, 0.15) is 0 Å². The van der Waals surface area contributed by atoms with E-state index in [0.29, 0.717) is 6.04 Å². The summed E-state index contributed by atoms with van der Waals surface area (Å²) in [7, 11) is 0. The monoisotopic (exact) mass is 225 g/mol. The van der Waals surface area contributed by atoms with E-state index in [4.69, 9.17) is 5.73 Å². The summed E-state index contributed by atoms with van der Waals surface area (Å²) in [5, 5.41) is 0. The fraction of sp³-hybridized carbons (Fsp3) is 1.00. The molecule has 0 bridgehead atoms. The highest BCUT2D eigenvalue weighted by molar-refractivity contribution is 14.1. The zero-order chi connectivity index (χ0) is 5.98. The van der Waals surface area contributed by atoms with Gasteiger partial charge in [0.2, 0.25) is 0 Å². The highest BCUT2D eigenvalue weighted by Gasteiger charge is 2.14. The number of hydrogen-bond donors (Lipinski definition) is 1. The van der Waals surface area contributed by atoms with Gasteiger partial charge < -0.3 is 5.73 Å². The van der Waals surface area contributed by atoms with E-state index in [1.807, 2.05) is 0 Å². The zero-order valence-electron chi connectivity index (χ0n) is 4.94. The van der Waals surface area contributed by atoms with Crippen LogP contribution in [-0.4, -0.2) is 9.97 Å². The van der Waals surface area contributed by atoms with Crippen LogP contribution in [0.15, 0.2) is 0 Å². The van der Waals surface area contributed by atoms with Gasteiger partial charge in [0, 0.05) is 9.97 Å². The smallest absolute Gasteiger partial charge is 0.0111 e. The number of halogens is 1. The molecule has 1 rings (SSSR count). The third-order valence-electron chi connectivity index (χ3n) is 1.70. The van der Waals surface area contributed by atoms with Gasteiger partial charge in [0.05, 0.1) is 0 Å². The Balaban J connectivity index is 2.19. The van der Waals surface area contributed by atoms with Gasteiger partial charge in [-0.3, -0.25) is 0 Å². The Labute approximate surface area is 64.2 Å². The minimum Gasteiger partial charge on any atom is -0.328 e. The summed E-state index contributed by atoms with van der Waals surface area (Å²) >= 11 is 2.51. The summed E-state index contributed by atoms with van der Waals surface area (Å²) in [4.78, 5) is 0. The summed E-state index contributed by atoms with van der Waals surface area (Å²) in [5.41, 5.74) is 5.69. The number of alkyl halides is 1. The van der Waals surface area contributed by atoms with Crippen molar-refractivity contribution in [1.82, 2.24) is 0 Å². The summed E-state index contributed by atoms with van der Waals surface area (Å²) in [6, 6.07) is 0.515. The van der Waals surface area contributed by atoms with Crippen LogP contribution in [0.3, 0.4) is 0 Å². The first-order chi connectivity index (χ1) is 3.79. The molecule has 2 heteroatoms. The molecule has 1 aliphatic carbocycles. The Hall–Kier alpha value is 0.690. The third-order valence-corrected chi connectivity index (χ3v) is 2.95. The summed E-state index contributed by atoms with van der Waals surface area (Å²) in [6.07, 6.45) is 5.16. The molecule has 0 radical (unpaired) electrons. The Morgan fingerprint density at radius 1 is 1.12 bits per heavy atom. The lowest BCUT2D eigenvalue weighted by Crippen LogP contribution is -2.26. The SMILES string of the molecule is N[C@H]1CC[C@H](I)CC1. The lowest BCUT2D eigenvalue weighted by molar-refractivity contribution is 0.459. The molecule has 0 amide bonds. The second-order valence-electron chi connectivity index (χ2n) is 2.51. The van der Waals surface area contributed by atoms with Crippen molar-refractivity contribution >= 4 is 22.6 Å². The normalized spacial score (nSPS) is 39.8. The Morgan fingerprint density at radius 2 is 1.62 bits per heavy atom. The van der Waals surface area contributed by atoms with Gasteiger partial charge in [-0.1, -0.05) is 22.6 Å². The minimum absolute atomic E-state index is 0.515. The van der Waals surface area contributed by atoms with Gasteiger partial charge >= 0.3 is 0 Å². The Kier molecular flexibility index (Phi) is 2.56. The van der Waals surface area contributed by atoms with Crippen LogP contribution < -0.4 is 5.73 Å². The maximum Gasteiger partial charge on any atom is 0.0111 e. The fourth-order valence-electron chi connectivity index (χ4n) is 1.08. The van der Waals surface area contributed by atoms with E-state index in [1.165, 1.54) is 25.7 Å². The van der Waals surface area contributed by atoms with Crippen molar-refractivity contribution in [2.45, 2.75) is 35.6 Å². The van der Waals surface area contributed by atoms with Crippen molar-refractivity contribution < 1.29 is 0 Å². The van der Waals surface area contributed by atoms with Crippen LogP contribution in [0, 0.1) is 0 Å². The first-order valence-electron chi connectivity index (χ1n) is 3.18. The zero-order valence-corrected chi connectivity index (χ0v) is 7.10. The van der Waals surface area contributed by atoms with Crippen LogP contribution in [0.4, 0.5) is 0 Å². The second-order valence-corrected chi connectivity index (χ2v) is 4.27. The van der Waals surface area contributed by atoms with E-state index in [-0.39, 0.29) is 0 Å². The molecule has 1 aliphatic rings. The van der Waals surface area contributed by atoms with Crippen molar-refractivity contribution in [3.05, 3.63) is 0 Å². The van der Waals surface area contributed by atoms with Gasteiger partial charge in [-0.15, -0.1) is 0 Å². The first kappa shape index (κ1) is 6.81. The van der Waals surface area contributed by atoms with Crippen LogP contribution in [-0.2, 0) is 0 Å². The van der Waals surface area contributed by atoms with Crippen molar-refractivity contribution in [1.29, 1.82) is 0 Å². The van der Waals surface area contributed by atoms with Crippen LogP contribution in [0.5, 0.6) is 0 Å². The third kappa shape index (κ3) is 1.90. The van der Waals surface area contributed by atoms with E-state index in [2.05, 4.69) is 22.6 Å². The molecule has 8 heavy (non-hydrogen) atoms. The van der Waals surface area contributed by atoms with Gasteiger partial charge in [-0.2, -0.15) is 0 Å². The molecule has 1 saturated carbocycles. The van der Waals surface area contributed by atoms with Crippen LogP contribution in [0.2, 0.25) is 0 Å². The second kappa shape index (κ2) is 3.01. The predicted molar refractivity (Wildman–Crippen MR) is 44.3 cm³/mol. The lowest BCUT2D eigenvalue weighted by atomic mass is 9.96. The average molecular weight is 225 g/mol. The number of hydrogen-bond acceptors (Lipinski definition) is 1. The summed E-state index contributed by atoms with van der Waals surface area (Å²) in [6.45, 7) is 0. The van der Waals surface area contributed by atoms with Crippen LogP contribution in [0.25, 0.3) is 0 Å². The molecule has 0 aromatic heterocycles. The van der Waals surface area contributed by atoms with Gasteiger partial charge in [-0.25, -0.2) is 0 Å². The molecule has 0 heterocycles. The van der Waals surface area contributed by atoms with E-state index >= 15 is 0 Å². The topological polar surface area (TPSA) is 26.0 Å². The van der Waals surface area contributed by atoms with Crippen molar-refractivity contribution in [3.63, 3.8) is 0 Å². The van der Waals surface area contributed by atoms with Gasteiger partial charge in [0.25, 0.3) is 0 Å². The van der Waals surface area contributed by atoms with E-state index < -0.39 is 0 Å². The molecule has 48 valence electrons. The molecule has 0 aromatic rings. The largest absolute Gasteiger partial charge is 0.328 e. The molecule has 1 nitrogen and oxygen atoms in total. The molecule has 0 spiro atoms. The van der Waals surface area contributed by atoms with E-state index in [9.17, 15) is 0 Å².